The van der Waals surface area contributed by atoms with Crippen molar-refractivity contribution in [2.24, 2.45) is 0 Å². The molecule has 0 unspecified atom stereocenters. The Bertz CT molecular complexity index is 337. The van der Waals surface area contributed by atoms with Gasteiger partial charge in [0, 0.05) is 26.2 Å². The van der Waals surface area contributed by atoms with Crippen molar-refractivity contribution in [3.63, 3.8) is 0 Å². The number of nitrogens with zero attached hydrogens (tertiary/aromatic N) is 2. The topological polar surface area (TPSA) is 25.4 Å². The molecule has 1 fully saturated rings. The van der Waals surface area contributed by atoms with E-state index in [1.54, 1.807) is 0 Å². The zero-order valence-corrected chi connectivity index (χ0v) is 9.91. The van der Waals surface area contributed by atoms with Crippen LogP contribution in [0.5, 0.6) is 5.75 Å². The summed E-state index contributed by atoms with van der Waals surface area (Å²) >= 11 is 3.37. The van der Waals surface area contributed by atoms with Crippen LogP contribution in [0.25, 0.3) is 0 Å². The molecule has 0 N–H and O–H groups in total. The predicted molar refractivity (Wildman–Crippen MR) is 59.9 cm³/mol. The van der Waals surface area contributed by atoms with E-state index in [1.807, 2.05) is 31.1 Å². The molecule has 3 nitrogen and oxygen atoms in total. The molecule has 1 aliphatic rings. The van der Waals surface area contributed by atoms with Crippen molar-refractivity contribution in [2.45, 2.75) is 18.9 Å². The minimum Gasteiger partial charge on any atom is -0.490 e. The van der Waals surface area contributed by atoms with E-state index >= 15 is 0 Å². The van der Waals surface area contributed by atoms with Gasteiger partial charge < -0.3 is 9.64 Å². The Morgan fingerprint density at radius 3 is 2.71 bits per heavy atom. The summed E-state index contributed by atoms with van der Waals surface area (Å²) in [5, 5.41) is 0. The fourth-order valence-corrected chi connectivity index (χ4v) is 1.54. The van der Waals surface area contributed by atoms with Crippen molar-refractivity contribution in [2.75, 3.05) is 19.0 Å². The van der Waals surface area contributed by atoms with Crippen LogP contribution in [-0.4, -0.2) is 25.2 Å². The molecule has 0 saturated heterocycles. The SMILES string of the molecule is CN(C)c1cc(OC2CC2)cc(Br)n1. The average molecular weight is 257 g/mol. The van der Waals surface area contributed by atoms with Crippen molar-refractivity contribution >= 4 is 21.7 Å². The maximum absolute atomic E-state index is 5.70. The Balaban J connectivity index is 2.21. The van der Waals surface area contributed by atoms with Gasteiger partial charge in [0.2, 0.25) is 0 Å². The van der Waals surface area contributed by atoms with Crippen molar-refractivity contribution < 1.29 is 4.74 Å². The van der Waals surface area contributed by atoms with Crippen LogP contribution in [-0.2, 0) is 0 Å². The lowest BCUT2D eigenvalue weighted by Crippen LogP contribution is -2.11. The molecule has 76 valence electrons. The molecule has 2 rings (SSSR count). The number of ether oxygens (including phenoxy) is 1. The van der Waals surface area contributed by atoms with Crippen molar-refractivity contribution in [3.8, 4) is 5.75 Å². The summed E-state index contributed by atoms with van der Waals surface area (Å²) in [6.45, 7) is 0. The Hall–Kier alpha value is -0.770. The summed E-state index contributed by atoms with van der Waals surface area (Å²) < 4.78 is 6.52. The fourth-order valence-electron chi connectivity index (χ4n) is 1.14. The van der Waals surface area contributed by atoms with E-state index in [0.29, 0.717) is 6.10 Å². The Labute approximate surface area is 92.2 Å². The van der Waals surface area contributed by atoms with Gasteiger partial charge in [0.05, 0.1) is 6.10 Å². The maximum Gasteiger partial charge on any atom is 0.133 e. The summed E-state index contributed by atoms with van der Waals surface area (Å²) in [5.41, 5.74) is 0. The van der Waals surface area contributed by atoms with E-state index in [-0.39, 0.29) is 0 Å². The molecule has 1 heterocycles. The molecule has 1 aliphatic carbocycles. The Morgan fingerprint density at radius 2 is 2.14 bits per heavy atom. The first-order chi connectivity index (χ1) is 6.65. The Kier molecular flexibility index (Phi) is 2.63. The van der Waals surface area contributed by atoms with Crippen LogP contribution in [0, 0.1) is 0 Å². The fraction of sp³-hybridized carbons (Fsp3) is 0.500. The van der Waals surface area contributed by atoms with Crippen molar-refractivity contribution in [3.05, 3.63) is 16.7 Å². The number of hydrogen-bond acceptors (Lipinski definition) is 3. The van der Waals surface area contributed by atoms with E-state index in [1.165, 1.54) is 12.8 Å². The van der Waals surface area contributed by atoms with Crippen LogP contribution in [0.3, 0.4) is 0 Å². The summed E-state index contributed by atoms with van der Waals surface area (Å²) in [4.78, 5) is 6.29. The first-order valence-corrected chi connectivity index (χ1v) is 5.46. The number of aromatic nitrogens is 1. The quantitative estimate of drug-likeness (QED) is 0.778. The third kappa shape index (κ3) is 2.38. The van der Waals surface area contributed by atoms with E-state index in [9.17, 15) is 0 Å². The van der Waals surface area contributed by atoms with Crippen molar-refractivity contribution in [1.82, 2.24) is 4.98 Å². The molecule has 14 heavy (non-hydrogen) atoms. The van der Waals surface area contributed by atoms with Gasteiger partial charge in [-0.3, -0.25) is 0 Å². The average Bonchev–Trinajstić information content (AvgIpc) is 2.87. The van der Waals surface area contributed by atoms with Crippen LogP contribution in [0.4, 0.5) is 5.82 Å². The molecule has 1 aromatic heterocycles. The zero-order valence-electron chi connectivity index (χ0n) is 8.33. The van der Waals surface area contributed by atoms with Crippen LogP contribution in [0.2, 0.25) is 0 Å². The lowest BCUT2D eigenvalue weighted by molar-refractivity contribution is 0.303. The van der Waals surface area contributed by atoms with Gasteiger partial charge in [-0.2, -0.15) is 0 Å². The first kappa shape index (κ1) is 9.77. The third-order valence-electron chi connectivity index (χ3n) is 2.04. The summed E-state index contributed by atoms with van der Waals surface area (Å²) in [6.07, 6.45) is 2.79. The third-order valence-corrected chi connectivity index (χ3v) is 2.45. The van der Waals surface area contributed by atoms with Gasteiger partial charge in [0.25, 0.3) is 0 Å². The minimum atomic E-state index is 0.430. The first-order valence-electron chi connectivity index (χ1n) is 4.67. The van der Waals surface area contributed by atoms with Gasteiger partial charge >= 0.3 is 0 Å². The van der Waals surface area contributed by atoms with E-state index in [4.69, 9.17) is 4.74 Å². The Morgan fingerprint density at radius 1 is 1.43 bits per heavy atom. The maximum atomic E-state index is 5.70. The summed E-state index contributed by atoms with van der Waals surface area (Å²) in [7, 11) is 3.94. The molecule has 1 saturated carbocycles. The smallest absolute Gasteiger partial charge is 0.133 e. The standard InChI is InChI=1S/C10H13BrN2O/c1-13(2)10-6-8(5-9(11)12-10)14-7-3-4-7/h5-7H,3-4H2,1-2H3. The van der Waals surface area contributed by atoms with Crippen LogP contribution >= 0.6 is 15.9 Å². The lowest BCUT2D eigenvalue weighted by Gasteiger charge is -2.13. The molecular formula is C10H13BrN2O. The van der Waals surface area contributed by atoms with Crippen LogP contribution in [0.15, 0.2) is 16.7 Å². The molecule has 0 bridgehead atoms. The van der Waals surface area contributed by atoms with Crippen LogP contribution < -0.4 is 9.64 Å². The molecular weight excluding hydrogens is 244 g/mol. The molecule has 0 aromatic carbocycles. The van der Waals surface area contributed by atoms with Gasteiger partial charge in [0.15, 0.2) is 0 Å². The van der Waals surface area contributed by atoms with E-state index in [2.05, 4.69) is 20.9 Å². The summed E-state index contributed by atoms with van der Waals surface area (Å²) in [5.74, 6) is 1.81. The molecule has 4 heteroatoms. The second-order valence-electron chi connectivity index (χ2n) is 3.70. The van der Waals surface area contributed by atoms with Gasteiger partial charge in [-0.05, 0) is 28.8 Å². The molecule has 0 spiro atoms. The number of pyridine rings is 1. The normalized spacial score (nSPS) is 15.4. The second kappa shape index (κ2) is 3.77. The monoisotopic (exact) mass is 256 g/mol. The largest absolute Gasteiger partial charge is 0.490 e. The second-order valence-corrected chi connectivity index (χ2v) is 4.51. The summed E-state index contributed by atoms with van der Waals surface area (Å²) in [6, 6.07) is 3.87. The molecule has 0 atom stereocenters. The highest BCUT2D eigenvalue weighted by Gasteiger charge is 2.23. The van der Waals surface area contributed by atoms with E-state index in [0.717, 1.165) is 16.2 Å². The van der Waals surface area contributed by atoms with E-state index < -0.39 is 0 Å². The molecule has 1 aromatic rings. The lowest BCUT2D eigenvalue weighted by atomic mass is 10.4. The highest BCUT2D eigenvalue weighted by atomic mass is 79.9. The molecule has 0 aliphatic heterocycles. The van der Waals surface area contributed by atoms with Gasteiger partial charge in [-0.25, -0.2) is 4.98 Å². The number of hydrogen-bond donors (Lipinski definition) is 0. The van der Waals surface area contributed by atoms with Crippen molar-refractivity contribution in [1.29, 1.82) is 0 Å². The van der Waals surface area contributed by atoms with Gasteiger partial charge in [-0.15, -0.1) is 0 Å². The highest BCUT2D eigenvalue weighted by molar-refractivity contribution is 9.10. The molecule has 0 amide bonds. The van der Waals surface area contributed by atoms with Gasteiger partial charge in [-0.1, -0.05) is 0 Å². The number of anilines is 1. The highest BCUT2D eigenvalue weighted by Crippen LogP contribution is 2.29. The van der Waals surface area contributed by atoms with Gasteiger partial charge in [0.1, 0.15) is 16.2 Å². The number of halogens is 1. The molecule has 0 radical (unpaired) electrons. The number of rotatable bonds is 3. The predicted octanol–water partition coefficient (Wildman–Crippen LogP) is 2.45. The zero-order chi connectivity index (χ0) is 10.1. The van der Waals surface area contributed by atoms with Crippen LogP contribution in [0.1, 0.15) is 12.8 Å². The minimum absolute atomic E-state index is 0.430.